The van der Waals surface area contributed by atoms with Crippen molar-refractivity contribution >= 4 is 5.69 Å². The molecule has 0 heterocycles. The minimum Gasteiger partial charge on any atom is -0.490 e. The fourth-order valence-electron chi connectivity index (χ4n) is 1.54. The molecule has 1 saturated carbocycles. The fourth-order valence-corrected chi connectivity index (χ4v) is 1.54. The molecule has 0 spiro atoms. The van der Waals surface area contributed by atoms with Crippen molar-refractivity contribution in [3.8, 4) is 5.75 Å². The number of nitrogens with one attached hydrogen (secondary N) is 1. The van der Waals surface area contributed by atoms with E-state index in [2.05, 4.69) is 5.32 Å². The van der Waals surface area contributed by atoms with E-state index in [4.69, 9.17) is 4.74 Å². The first-order chi connectivity index (χ1) is 7.70. The molecule has 5 heteroatoms. The third-order valence-corrected chi connectivity index (χ3v) is 2.61. The monoisotopic (exact) mass is 222 g/mol. The summed E-state index contributed by atoms with van der Waals surface area (Å²) in [4.78, 5) is 10.4. The van der Waals surface area contributed by atoms with Crippen molar-refractivity contribution in [2.45, 2.75) is 25.4 Å². The van der Waals surface area contributed by atoms with Gasteiger partial charge in [0.05, 0.1) is 12.0 Å². The lowest BCUT2D eigenvalue weighted by Crippen LogP contribution is -2.15. The van der Waals surface area contributed by atoms with Gasteiger partial charge in [-0.1, -0.05) is 6.07 Å². The van der Waals surface area contributed by atoms with Crippen LogP contribution in [0.15, 0.2) is 18.2 Å². The van der Waals surface area contributed by atoms with Crippen LogP contribution in [0.5, 0.6) is 5.75 Å². The Morgan fingerprint density at radius 1 is 1.56 bits per heavy atom. The van der Waals surface area contributed by atoms with E-state index in [0.717, 1.165) is 5.56 Å². The predicted molar refractivity (Wildman–Crippen MR) is 59.5 cm³/mol. The van der Waals surface area contributed by atoms with Gasteiger partial charge in [-0.25, -0.2) is 0 Å². The molecular weight excluding hydrogens is 208 g/mol. The second kappa shape index (κ2) is 4.49. The Labute approximate surface area is 93.6 Å². The predicted octanol–water partition coefficient (Wildman–Crippen LogP) is 1.86. The Morgan fingerprint density at radius 2 is 2.31 bits per heavy atom. The minimum atomic E-state index is -0.417. The van der Waals surface area contributed by atoms with E-state index in [0.29, 0.717) is 18.3 Å². The molecule has 0 aliphatic heterocycles. The molecule has 1 aliphatic rings. The lowest BCUT2D eigenvalue weighted by molar-refractivity contribution is -0.385. The van der Waals surface area contributed by atoms with Crippen LogP contribution in [0.2, 0.25) is 0 Å². The SMILES string of the molecule is COc1ccc(CNC2CC2)cc1[N+](=O)[O-]. The van der Waals surface area contributed by atoms with Crippen LogP contribution < -0.4 is 10.1 Å². The average Bonchev–Trinajstić information content (AvgIpc) is 3.09. The highest BCUT2D eigenvalue weighted by molar-refractivity contribution is 5.48. The summed E-state index contributed by atoms with van der Waals surface area (Å²) in [6.45, 7) is 0.676. The van der Waals surface area contributed by atoms with Crippen molar-refractivity contribution in [2.24, 2.45) is 0 Å². The summed E-state index contributed by atoms with van der Waals surface area (Å²) in [5.41, 5.74) is 0.942. The van der Waals surface area contributed by atoms with Crippen molar-refractivity contribution in [1.29, 1.82) is 0 Å². The summed E-state index contributed by atoms with van der Waals surface area (Å²) < 4.78 is 4.94. The lowest BCUT2D eigenvalue weighted by Gasteiger charge is -2.05. The molecule has 1 N–H and O–H groups in total. The van der Waals surface area contributed by atoms with Gasteiger partial charge in [-0.3, -0.25) is 10.1 Å². The maximum absolute atomic E-state index is 10.8. The molecule has 0 amide bonds. The number of nitro groups is 1. The van der Waals surface area contributed by atoms with Crippen molar-refractivity contribution < 1.29 is 9.66 Å². The standard InChI is InChI=1S/C11H14N2O3/c1-16-11-5-2-8(6-10(11)13(14)15)7-12-9-3-4-9/h2,5-6,9,12H,3-4,7H2,1H3. The van der Waals surface area contributed by atoms with Crippen LogP contribution >= 0.6 is 0 Å². The highest BCUT2D eigenvalue weighted by Crippen LogP contribution is 2.28. The van der Waals surface area contributed by atoms with Crippen LogP contribution in [-0.2, 0) is 6.54 Å². The zero-order chi connectivity index (χ0) is 11.5. The summed E-state index contributed by atoms with van der Waals surface area (Å²) in [5, 5.41) is 14.1. The summed E-state index contributed by atoms with van der Waals surface area (Å²) >= 11 is 0. The average molecular weight is 222 g/mol. The molecule has 1 aliphatic carbocycles. The molecule has 0 unspecified atom stereocenters. The first kappa shape index (κ1) is 10.9. The molecule has 0 bridgehead atoms. The van der Waals surface area contributed by atoms with Gasteiger partial charge in [-0.2, -0.15) is 0 Å². The number of methoxy groups -OCH3 is 1. The lowest BCUT2D eigenvalue weighted by atomic mass is 10.2. The van der Waals surface area contributed by atoms with Gasteiger partial charge in [0.25, 0.3) is 0 Å². The molecule has 5 nitrogen and oxygen atoms in total. The van der Waals surface area contributed by atoms with Crippen molar-refractivity contribution in [3.63, 3.8) is 0 Å². The van der Waals surface area contributed by atoms with Gasteiger partial charge in [-0.15, -0.1) is 0 Å². The van der Waals surface area contributed by atoms with Gasteiger partial charge < -0.3 is 10.1 Å². The second-order valence-corrected chi connectivity index (χ2v) is 3.92. The zero-order valence-corrected chi connectivity index (χ0v) is 9.10. The zero-order valence-electron chi connectivity index (χ0n) is 9.10. The number of nitro benzene ring substituents is 1. The Morgan fingerprint density at radius 3 is 2.88 bits per heavy atom. The molecule has 0 aromatic heterocycles. The van der Waals surface area contributed by atoms with E-state index in [1.165, 1.54) is 20.0 Å². The van der Waals surface area contributed by atoms with Crippen molar-refractivity contribution in [3.05, 3.63) is 33.9 Å². The molecule has 0 radical (unpaired) electrons. The highest BCUT2D eigenvalue weighted by atomic mass is 16.6. The summed E-state index contributed by atoms with van der Waals surface area (Å²) in [5.74, 6) is 0.306. The van der Waals surface area contributed by atoms with Crippen LogP contribution in [0.4, 0.5) is 5.69 Å². The van der Waals surface area contributed by atoms with Crippen molar-refractivity contribution in [2.75, 3.05) is 7.11 Å². The first-order valence-corrected chi connectivity index (χ1v) is 5.25. The van der Waals surface area contributed by atoms with Gasteiger partial charge in [0.1, 0.15) is 0 Å². The Bertz CT molecular complexity index is 402. The topological polar surface area (TPSA) is 64.4 Å². The molecule has 2 rings (SSSR count). The minimum absolute atomic E-state index is 0.0256. The number of hydrogen-bond acceptors (Lipinski definition) is 4. The maximum Gasteiger partial charge on any atom is 0.311 e. The van der Waals surface area contributed by atoms with E-state index in [1.807, 2.05) is 6.07 Å². The van der Waals surface area contributed by atoms with Crippen LogP contribution in [0, 0.1) is 10.1 Å². The summed E-state index contributed by atoms with van der Waals surface area (Å²) in [6.07, 6.45) is 2.41. The van der Waals surface area contributed by atoms with Gasteiger partial charge in [0.15, 0.2) is 5.75 Å². The fraction of sp³-hybridized carbons (Fsp3) is 0.455. The van der Waals surface area contributed by atoms with Crippen molar-refractivity contribution in [1.82, 2.24) is 5.32 Å². The van der Waals surface area contributed by atoms with Crippen LogP contribution in [0.25, 0.3) is 0 Å². The Kier molecular flexibility index (Phi) is 3.05. The first-order valence-electron chi connectivity index (χ1n) is 5.25. The molecule has 1 aromatic carbocycles. The molecule has 0 atom stereocenters. The summed E-state index contributed by atoms with van der Waals surface area (Å²) in [6, 6.07) is 5.65. The Balaban J connectivity index is 2.13. The number of rotatable bonds is 5. The largest absolute Gasteiger partial charge is 0.490 e. The summed E-state index contributed by atoms with van der Waals surface area (Å²) in [7, 11) is 1.43. The number of hydrogen-bond donors (Lipinski definition) is 1. The number of benzene rings is 1. The van der Waals surface area contributed by atoms with Crippen LogP contribution in [-0.4, -0.2) is 18.1 Å². The van der Waals surface area contributed by atoms with Crippen LogP contribution in [0.3, 0.4) is 0 Å². The van der Waals surface area contributed by atoms with E-state index in [1.54, 1.807) is 12.1 Å². The van der Waals surface area contributed by atoms with Gasteiger partial charge in [0, 0.05) is 18.7 Å². The Hall–Kier alpha value is -1.62. The molecule has 0 saturated heterocycles. The molecule has 16 heavy (non-hydrogen) atoms. The third kappa shape index (κ3) is 2.49. The van der Waals surface area contributed by atoms with Gasteiger partial charge in [0.2, 0.25) is 0 Å². The normalized spacial score (nSPS) is 14.8. The second-order valence-electron chi connectivity index (χ2n) is 3.92. The molecule has 1 fully saturated rings. The van der Waals surface area contributed by atoms with E-state index >= 15 is 0 Å². The number of nitrogens with zero attached hydrogens (tertiary/aromatic N) is 1. The van der Waals surface area contributed by atoms with Gasteiger partial charge in [-0.05, 0) is 24.5 Å². The molecule has 1 aromatic rings. The van der Waals surface area contributed by atoms with Crippen LogP contribution in [0.1, 0.15) is 18.4 Å². The quantitative estimate of drug-likeness (QED) is 0.610. The third-order valence-electron chi connectivity index (χ3n) is 2.61. The number of ether oxygens (including phenoxy) is 1. The van der Waals surface area contributed by atoms with E-state index in [9.17, 15) is 10.1 Å². The van der Waals surface area contributed by atoms with E-state index < -0.39 is 4.92 Å². The van der Waals surface area contributed by atoms with Gasteiger partial charge >= 0.3 is 5.69 Å². The highest BCUT2D eigenvalue weighted by Gasteiger charge is 2.21. The molecular formula is C11H14N2O3. The molecule has 86 valence electrons. The smallest absolute Gasteiger partial charge is 0.311 e. The van der Waals surface area contributed by atoms with E-state index in [-0.39, 0.29) is 5.69 Å². The maximum atomic E-state index is 10.8.